The highest BCUT2D eigenvalue weighted by Crippen LogP contribution is 2.36. The van der Waals surface area contributed by atoms with Crippen LogP contribution < -0.4 is 14.8 Å². The lowest BCUT2D eigenvalue weighted by Gasteiger charge is -2.29. The van der Waals surface area contributed by atoms with Crippen LogP contribution in [0.1, 0.15) is 11.1 Å². The first-order chi connectivity index (χ1) is 12.1. The minimum atomic E-state index is -0.206. The molecule has 3 rings (SSSR count). The number of hydrogen-bond donors (Lipinski definition) is 1. The fourth-order valence-electron chi connectivity index (χ4n) is 2.94. The van der Waals surface area contributed by atoms with Gasteiger partial charge in [-0.05, 0) is 18.1 Å². The Morgan fingerprint density at radius 2 is 2.16 bits per heavy atom. The van der Waals surface area contributed by atoms with Crippen LogP contribution in [0.3, 0.4) is 0 Å². The summed E-state index contributed by atoms with van der Waals surface area (Å²) < 4.78 is 11.1. The predicted molar refractivity (Wildman–Crippen MR) is 93.7 cm³/mol. The number of amides is 1. The van der Waals surface area contributed by atoms with E-state index in [0.29, 0.717) is 31.3 Å². The number of para-hydroxylation sites is 1. The minimum Gasteiger partial charge on any atom is -0.493 e. The van der Waals surface area contributed by atoms with E-state index in [2.05, 4.69) is 15.3 Å². The van der Waals surface area contributed by atoms with Crippen molar-refractivity contribution in [2.24, 2.45) is 5.92 Å². The summed E-state index contributed by atoms with van der Waals surface area (Å²) in [7, 11) is 5.17. The Hall–Kier alpha value is -2.83. The van der Waals surface area contributed by atoms with Gasteiger partial charge < -0.3 is 19.7 Å². The Kier molecular flexibility index (Phi) is 5.02. The van der Waals surface area contributed by atoms with E-state index in [-0.39, 0.29) is 11.8 Å². The van der Waals surface area contributed by atoms with Crippen molar-refractivity contribution in [1.82, 2.24) is 14.9 Å². The standard InChI is InChI=1S/C18H22N4O3/c1-19-18-20-8-12(9-21-18)10-22(2)17(23)14-7-13-5-4-6-15(24-3)16(13)25-11-14/h4-6,8-9,14H,7,10-11H2,1-3H3,(H,19,20,21)/t14-/m0/s1. The third-order valence-electron chi connectivity index (χ3n) is 4.25. The Balaban J connectivity index is 1.66. The van der Waals surface area contributed by atoms with Crippen LogP contribution in [0.25, 0.3) is 0 Å². The van der Waals surface area contributed by atoms with Gasteiger partial charge in [0.15, 0.2) is 11.5 Å². The van der Waals surface area contributed by atoms with E-state index in [1.54, 1.807) is 38.5 Å². The van der Waals surface area contributed by atoms with Gasteiger partial charge in [0.2, 0.25) is 11.9 Å². The molecule has 132 valence electrons. The maximum absolute atomic E-state index is 12.8. The zero-order chi connectivity index (χ0) is 17.8. The molecule has 1 atom stereocenters. The number of nitrogens with zero attached hydrogens (tertiary/aromatic N) is 3. The second kappa shape index (κ2) is 7.38. The second-order valence-electron chi connectivity index (χ2n) is 6.02. The zero-order valence-corrected chi connectivity index (χ0v) is 14.7. The molecule has 0 saturated carbocycles. The molecule has 1 aromatic heterocycles. The predicted octanol–water partition coefficient (Wildman–Crippen LogP) is 1.74. The number of rotatable bonds is 5. The highest BCUT2D eigenvalue weighted by Gasteiger charge is 2.29. The van der Waals surface area contributed by atoms with Gasteiger partial charge >= 0.3 is 0 Å². The number of fused-ring (bicyclic) bond motifs is 1. The van der Waals surface area contributed by atoms with Crippen LogP contribution in [0.4, 0.5) is 5.95 Å². The summed E-state index contributed by atoms with van der Waals surface area (Å²) in [6.07, 6.45) is 4.09. The molecular weight excluding hydrogens is 320 g/mol. The first-order valence-electron chi connectivity index (χ1n) is 8.14. The van der Waals surface area contributed by atoms with Crippen LogP contribution in [0.2, 0.25) is 0 Å². The summed E-state index contributed by atoms with van der Waals surface area (Å²) >= 11 is 0. The molecule has 0 bridgehead atoms. The number of carbonyl (C=O) groups is 1. The van der Waals surface area contributed by atoms with Gasteiger partial charge in [-0.15, -0.1) is 0 Å². The molecule has 7 heteroatoms. The van der Waals surface area contributed by atoms with Gasteiger partial charge in [0, 0.05) is 38.6 Å². The number of ether oxygens (including phenoxy) is 2. The summed E-state index contributed by atoms with van der Waals surface area (Å²) in [5.74, 6) is 1.85. The van der Waals surface area contributed by atoms with Crippen molar-refractivity contribution in [2.45, 2.75) is 13.0 Å². The smallest absolute Gasteiger partial charge is 0.229 e. The number of aromatic nitrogens is 2. The molecule has 0 radical (unpaired) electrons. The van der Waals surface area contributed by atoms with Crippen LogP contribution in [-0.2, 0) is 17.8 Å². The summed E-state index contributed by atoms with van der Waals surface area (Å²) in [5.41, 5.74) is 1.88. The molecule has 2 heterocycles. The molecule has 2 aromatic rings. The summed E-state index contributed by atoms with van der Waals surface area (Å²) in [6, 6.07) is 5.75. The Morgan fingerprint density at radius 1 is 1.40 bits per heavy atom. The molecule has 25 heavy (non-hydrogen) atoms. The van der Waals surface area contributed by atoms with Crippen LogP contribution in [0, 0.1) is 5.92 Å². The van der Waals surface area contributed by atoms with Crippen LogP contribution >= 0.6 is 0 Å². The second-order valence-corrected chi connectivity index (χ2v) is 6.02. The molecule has 0 unspecified atom stereocenters. The fourth-order valence-corrected chi connectivity index (χ4v) is 2.94. The maximum Gasteiger partial charge on any atom is 0.229 e. The third kappa shape index (κ3) is 3.65. The van der Waals surface area contributed by atoms with Crippen molar-refractivity contribution in [2.75, 3.05) is 33.1 Å². The monoisotopic (exact) mass is 342 g/mol. The molecular formula is C18H22N4O3. The van der Waals surface area contributed by atoms with E-state index in [9.17, 15) is 4.79 Å². The number of carbonyl (C=O) groups excluding carboxylic acids is 1. The number of methoxy groups -OCH3 is 1. The van der Waals surface area contributed by atoms with Crippen LogP contribution in [-0.4, -0.2) is 48.6 Å². The van der Waals surface area contributed by atoms with Crippen molar-refractivity contribution in [3.8, 4) is 11.5 Å². The quantitative estimate of drug-likeness (QED) is 0.892. The van der Waals surface area contributed by atoms with Gasteiger partial charge in [-0.3, -0.25) is 4.79 Å². The average Bonchev–Trinajstić information content (AvgIpc) is 2.66. The van der Waals surface area contributed by atoms with E-state index in [1.165, 1.54) is 0 Å². The Labute approximate surface area is 147 Å². The van der Waals surface area contributed by atoms with Crippen molar-refractivity contribution in [1.29, 1.82) is 0 Å². The van der Waals surface area contributed by atoms with E-state index < -0.39 is 0 Å². The molecule has 0 spiro atoms. The van der Waals surface area contributed by atoms with Gasteiger partial charge in [0.05, 0.1) is 13.0 Å². The van der Waals surface area contributed by atoms with E-state index in [1.807, 2.05) is 18.2 Å². The fraction of sp³-hybridized carbons (Fsp3) is 0.389. The van der Waals surface area contributed by atoms with Crippen molar-refractivity contribution < 1.29 is 14.3 Å². The minimum absolute atomic E-state index is 0.0474. The number of nitrogens with one attached hydrogen (secondary N) is 1. The summed E-state index contributed by atoms with van der Waals surface area (Å²) in [4.78, 5) is 22.8. The first-order valence-corrected chi connectivity index (χ1v) is 8.14. The van der Waals surface area contributed by atoms with Gasteiger partial charge in [-0.1, -0.05) is 12.1 Å². The highest BCUT2D eigenvalue weighted by atomic mass is 16.5. The topological polar surface area (TPSA) is 76.6 Å². The van der Waals surface area contributed by atoms with E-state index in [4.69, 9.17) is 9.47 Å². The molecule has 0 aliphatic carbocycles. The lowest BCUT2D eigenvalue weighted by Crippen LogP contribution is -2.38. The van der Waals surface area contributed by atoms with E-state index >= 15 is 0 Å². The van der Waals surface area contributed by atoms with Gasteiger partial charge in [-0.25, -0.2) is 9.97 Å². The number of hydrogen-bond acceptors (Lipinski definition) is 6. The van der Waals surface area contributed by atoms with Crippen molar-refractivity contribution in [3.63, 3.8) is 0 Å². The van der Waals surface area contributed by atoms with Crippen molar-refractivity contribution >= 4 is 11.9 Å². The molecule has 1 amide bonds. The lowest BCUT2D eigenvalue weighted by atomic mass is 9.95. The molecule has 1 aliphatic heterocycles. The largest absolute Gasteiger partial charge is 0.493 e. The van der Waals surface area contributed by atoms with Gasteiger partial charge in [-0.2, -0.15) is 0 Å². The first kappa shape index (κ1) is 17.0. The SMILES string of the molecule is CNc1ncc(CN(C)C(=O)[C@@H]2COc3c(cccc3OC)C2)cn1. The highest BCUT2D eigenvalue weighted by molar-refractivity contribution is 5.79. The third-order valence-corrected chi connectivity index (χ3v) is 4.25. The summed E-state index contributed by atoms with van der Waals surface area (Å²) in [6.45, 7) is 0.816. The normalized spacial score (nSPS) is 15.7. The molecule has 1 N–H and O–H groups in total. The molecule has 1 aliphatic rings. The lowest BCUT2D eigenvalue weighted by molar-refractivity contribution is -0.136. The van der Waals surface area contributed by atoms with Crippen LogP contribution in [0.15, 0.2) is 30.6 Å². The van der Waals surface area contributed by atoms with Crippen molar-refractivity contribution in [3.05, 3.63) is 41.7 Å². The molecule has 0 fully saturated rings. The molecule has 0 saturated heterocycles. The van der Waals surface area contributed by atoms with Gasteiger partial charge in [0.25, 0.3) is 0 Å². The van der Waals surface area contributed by atoms with E-state index in [0.717, 1.165) is 16.9 Å². The number of anilines is 1. The van der Waals surface area contributed by atoms with Crippen LogP contribution in [0.5, 0.6) is 11.5 Å². The average molecular weight is 342 g/mol. The van der Waals surface area contributed by atoms with Gasteiger partial charge in [0.1, 0.15) is 6.61 Å². The Morgan fingerprint density at radius 3 is 2.84 bits per heavy atom. The Bertz CT molecular complexity index is 748. The zero-order valence-electron chi connectivity index (χ0n) is 14.7. The number of benzene rings is 1. The molecule has 1 aromatic carbocycles. The summed E-state index contributed by atoms with van der Waals surface area (Å²) in [5, 5.41) is 2.87. The molecule has 7 nitrogen and oxygen atoms in total. The maximum atomic E-state index is 12.8.